The molecule has 0 radical (unpaired) electrons. The fourth-order valence-corrected chi connectivity index (χ4v) is 1.81. The number of benzene rings is 1. The topological polar surface area (TPSA) is 41.6 Å². The van der Waals surface area contributed by atoms with E-state index in [0.717, 1.165) is 16.9 Å². The van der Waals surface area contributed by atoms with Crippen molar-refractivity contribution in [3.8, 4) is 5.75 Å². The van der Waals surface area contributed by atoms with Gasteiger partial charge >= 0.3 is 0 Å². The summed E-state index contributed by atoms with van der Waals surface area (Å²) in [4.78, 5) is 11.4. The van der Waals surface area contributed by atoms with Gasteiger partial charge in [0.05, 0.1) is 0 Å². The largest absolute Gasteiger partial charge is 0.483 e. The van der Waals surface area contributed by atoms with Gasteiger partial charge in [0.15, 0.2) is 6.61 Å². The third-order valence-electron chi connectivity index (χ3n) is 2.30. The zero-order valence-electron chi connectivity index (χ0n) is 11.1. The Hall–Kier alpha value is -1.55. The maximum absolute atomic E-state index is 11.4. The number of rotatable bonds is 4. The Balaban J connectivity index is 2.67. The highest BCUT2D eigenvalue weighted by Crippen LogP contribution is 2.24. The molecule has 94 valence electrons. The van der Waals surface area contributed by atoms with Crippen molar-refractivity contribution in [3.63, 3.8) is 0 Å². The van der Waals surface area contributed by atoms with Crippen LogP contribution in [-0.4, -0.2) is 31.6 Å². The van der Waals surface area contributed by atoms with Crippen LogP contribution in [0.4, 0.5) is 0 Å². The number of aryl methyl sites for hydroxylation is 3. The van der Waals surface area contributed by atoms with E-state index in [0.29, 0.717) is 0 Å². The van der Waals surface area contributed by atoms with Gasteiger partial charge in [0, 0.05) is 14.1 Å². The SMILES string of the molecule is Cc1cc(C)c(OCC(=O)NN(C)C)c(C)c1. The second-order valence-electron chi connectivity index (χ2n) is 4.45. The van der Waals surface area contributed by atoms with Crippen LogP contribution in [0, 0.1) is 20.8 Å². The lowest BCUT2D eigenvalue weighted by Gasteiger charge is -2.15. The van der Waals surface area contributed by atoms with Gasteiger partial charge in [-0.2, -0.15) is 0 Å². The zero-order valence-corrected chi connectivity index (χ0v) is 11.1. The smallest absolute Gasteiger partial charge is 0.272 e. The number of nitrogens with zero attached hydrogens (tertiary/aromatic N) is 1. The van der Waals surface area contributed by atoms with Crippen molar-refractivity contribution in [2.45, 2.75) is 20.8 Å². The average Bonchev–Trinajstić information content (AvgIpc) is 2.14. The molecule has 4 heteroatoms. The van der Waals surface area contributed by atoms with Gasteiger partial charge in [-0.25, -0.2) is 5.01 Å². The van der Waals surface area contributed by atoms with E-state index in [4.69, 9.17) is 4.74 Å². The van der Waals surface area contributed by atoms with Crippen molar-refractivity contribution in [2.75, 3.05) is 20.7 Å². The molecular weight excluding hydrogens is 216 g/mol. The maximum Gasteiger partial charge on any atom is 0.272 e. The Bertz CT molecular complexity index is 391. The molecular formula is C13H20N2O2. The number of carbonyl (C=O) groups excluding carboxylic acids is 1. The highest BCUT2D eigenvalue weighted by atomic mass is 16.5. The van der Waals surface area contributed by atoms with E-state index in [1.54, 1.807) is 19.1 Å². The van der Waals surface area contributed by atoms with Crippen LogP contribution in [0.2, 0.25) is 0 Å². The summed E-state index contributed by atoms with van der Waals surface area (Å²) in [6, 6.07) is 4.10. The lowest BCUT2D eigenvalue weighted by Crippen LogP contribution is -2.39. The molecule has 0 bridgehead atoms. The van der Waals surface area contributed by atoms with E-state index in [-0.39, 0.29) is 12.5 Å². The van der Waals surface area contributed by atoms with Crippen LogP contribution in [0.25, 0.3) is 0 Å². The molecule has 1 N–H and O–H groups in total. The van der Waals surface area contributed by atoms with E-state index >= 15 is 0 Å². The van der Waals surface area contributed by atoms with Gasteiger partial charge in [0.25, 0.3) is 5.91 Å². The second-order valence-corrected chi connectivity index (χ2v) is 4.45. The van der Waals surface area contributed by atoms with Crippen molar-refractivity contribution in [3.05, 3.63) is 28.8 Å². The Labute approximate surface area is 103 Å². The molecule has 0 spiro atoms. The highest BCUT2D eigenvalue weighted by molar-refractivity contribution is 5.77. The predicted octanol–water partition coefficient (Wildman–Crippen LogP) is 1.58. The van der Waals surface area contributed by atoms with Crippen LogP contribution in [-0.2, 0) is 4.79 Å². The molecule has 0 fully saturated rings. The number of hydrogen-bond acceptors (Lipinski definition) is 3. The third kappa shape index (κ3) is 4.07. The lowest BCUT2D eigenvalue weighted by atomic mass is 10.1. The molecule has 0 saturated carbocycles. The van der Waals surface area contributed by atoms with E-state index in [1.165, 1.54) is 5.56 Å². The van der Waals surface area contributed by atoms with Crippen LogP contribution in [0.15, 0.2) is 12.1 Å². The van der Waals surface area contributed by atoms with Crippen LogP contribution in [0.3, 0.4) is 0 Å². The fraction of sp³-hybridized carbons (Fsp3) is 0.462. The standard InChI is InChI=1S/C13H20N2O2/c1-9-6-10(2)13(11(3)7-9)17-8-12(16)14-15(4)5/h6-7H,8H2,1-5H3,(H,14,16). The summed E-state index contributed by atoms with van der Waals surface area (Å²) in [5, 5.41) is 1.60. The summed E-state index contributed by atoms with van der Waals surface area (Å²) in [5.74, 6) is 0.638. The van der Waals surface area contributed by atoms with E-state index in [2.05, 4.69) is 5.43 Å². The molecule has 0 aliphatic heterocycles. The molecule has 0 atom stereocenters. The van der Waals surface area contributed by atoms with Crippen LogP contribution >= 0.6 is 0 Å². The molecule has 17 heavy (non-hydrogen) atoms. The maximum atomic E-state index is 11.4. The third-order valence-corrected chi connectivity index (χ3v) is 2.30. The summed E-state index contributed by atoms with van der Waals surface area (Å²) in [7, 11) is 3.53. The van der Waals surface area contributed by atoms with E-state index in [9.17, 15) is 4.79 Å². The summed E-state index contributed by atoms with van der Waals surface area (Å²) in [5.41, 5.74) is 5.94. The number of hydrogen-bond donors (Lipinski definition) is 1. The van der Waals surface area contributed by atoms with Crippen molar-refractivity contribution in [1.29, 1.82) is 0 Å². The van der Waals surface area contributed by atoms with Crippen LogP contribution in [0.1, 0.15) is 16.7 Å². The Kier molecular flexibility index (Phi) is 4.52. The van der Waals surface area contributed by atoms with Crippen LogP contribution < -0.4 is 10.2 Å². The quantitative estimate of drug-likeness (QED) is 0.807. The van der Waals surface area contributed by atoms with Gasteiger partial charge in [0.1, 0.15) is 5.75 Å². The van der Waals surface area contributed by atoms with Crippen LogP contribution in [0.5, 0.6) is 5.75 Å². The van der Waals surface area contributed by atoms with Gasteiger partial charge in [-0.1, -0.05) is 17.7 Å². The van der Waals surface area contributed by atoms with Gasteiger partial charge in [-0.3, -0.25) is 10.2 Å². The highest BCUT2D eigenvalue weighted by Gasteiger charge is 2.08. The number of amides is 1. The van der Waals surface area contributed by atoms with Crippen molar-refractivity contribution >= 4 is 5.91 Å². The number of ether oxygens (including phenoxy) is 1. The minimum absolute atomic E-state index is 0.0307. The summed E-state index contributed by atoms with van der Waals surface area (Å²) in [6.07, 6.45) is 0. The first kappa shape index (κ1) is 13.5. The molecule has 0 saturated heterocycles. The molecule has 1 amide bonds. The van der Waals surface area contributed by atoms with Crippen molar-refractivity contribution in [2.24, 2.45) is 0 Å². The van der Waals surface area contributed by atoms with Crippen molar-refractivity contribution < 1.29 is 9.53 Å². The Morgan fingerprint density at radius 3 is 2.24 bits per heavy atom. The van der Waals surface area contributed by atoms with Crippen molar-refractivity contribution in [1.82, 2.24) is 10.4 Å². The Morgan fingerprint density at radius 1 is 1.24 bits per heavy atom. The molecule has 0 heterocycles. The minimum Gasteiger partial charge on any atom is -0.483 e. The molecule has 1 rings (SSSR count). The molecule has 1 aromatic carbocycles. The van der Waals surface area contributed by atoms with E-state index < -0.39 is 0 Å². The lowest BCUT2D eigenvalue weighted by molar-refractivity contribution is -0.126. The molecule has 0 aliphatic rings. The number of hydrazine groups is 1. The van der Waals surface area contributed by atoms with Gasteiger partial charge in [0.2, 0.25) is 0 Å². The fourth-order valence-electron chi connectivity index (χ4n) is 1.81. The molecule has 0 aromatic heterocycles. The average molecular weight is 236 g/mol. The second kappa shape index (κ2) is 5.68. The molecule has 1 aromatic rings. The number of carbonyl (C=O) groups is 1. The summed E-state index contributed by atoms with van der Waals surface area (Å²) >= 11 is 0. The van der Waals surface area contributed by atoms with Gasteiger partial charge < -0.3 is 4.74 Å². The first-order valence-electron chi connectivity index (χ1n) is 5.57. The zero-order chi connectivity index (χ0) is 13.0. The number of nitrogens with one attached hydrogen (secondary N) is 1. The molecule has 0 aliphatic carbocycles. The first-order chi connectivity index (χ1) is 7.90. The molecule has 0 unspecified atom stereocenters. The van der Waals surface area contributed by atoms with Gasteiger partial charge in [-0.05, 0) is 31.9 Å². The summed E-state index contributed by atoms with van der Waals surface area (Å²) < 4.78 is 5.55. The van der Waals surface area contributed by atoms with E-state index in [1.807, 2.05) is 32.9 Å². The minimum atomic E-state index is -0.158. The summed E-state index contributed by atoms with van der Waals surface area (Å²) in [6.45, 7) is 6.05. The normalized spacial score (nSPS) is 10.5. The monoisotopic (exact) mass is 236 g/mol. The Morgan fingerprint density at radius 2 is 1.76 bits per heavy atom. The van der Waals surface area contributed by atoms with Gasteiger partial charge in [-0.15, -0.1) is 0 Å². The molecule has 4 nitrogen and oxygen atoms in total. The first-order valence-corrected chi connectivity index (χ1v) is 5.57. The predicted molar refractivity (Wildman–Crippen MR) is 68.0 cm³/mol.